The number of carbonyl (C=O) groups is 1. The maximum Gasteiger partial charge on any atom is 0.262 e. The topological polar surface area (TPSA) is 73.3 Å². The molecule has 0 spiro atoms. The third-order valence-corrected chi connectivity index (χ3v) is 7.31. The smallest absolute Gasteiger partial charge is 0.262 e. The summed E-state index contributed by atoms with van der Waals surface area (Å²) >= 11 is 5.19. The number of halogens is 1. The predicted octanol–water partition coefficient (Wildman–Crippen LogP) is 6.03. The average molecular weight is 524 g/mol. The molecule has 8 heteroatoms. The first-order valence-corrected chi connectivity index (χ1v) is 12.4. The van der Waals surface area contributed by atoms with Gasteiger partial charge in [0, 0.05) is 20.6 Å². The zero-order chi connectivity index (χ0) is 22.8. The highest BCUT2D eigenvalue weighted by atomic mass is 79.9. The van der Waals surface area contributed by atoms with Crippen LogP contribution < -0.4 is 14.8 Å². The summed E-state index contributed by atoms with van der Waals surface area (Å²) in [5.74, 6) is 1.55. The van der Waals surface area contributed by atoms with Crippen molar-refractivity contribution in [3.05, 3.63) is 63.4 Å². The number of rotatable bonds is 6. The molecule has 6 nitrogen and oxygen atoms in total. The maximum atomic E-state index is 12.6. The zero-order valence-electron chi connectivity index (χ0n) is 18.1. The van der Waals surface area contributed by atoms with Crippen molar-refractivity contribution in [3.8, 4) is 23.0 Å². The van der Waals surface area contributed by atoms with Crippen molar-refractivity contribution < 1.29 is 14.3 Å². The largest absolute Gasteiger partial charge is 0.497 e. The lowest BCUT2D eigenvalue weighted by molar-refractivity contribution is -0.118. The van der Waals surface area contributed by atoms with E-state index in [9.17, 15) is 4.79 Å². The summed E-state index contributed by atoms with van der Waals surface area (Å²) < 4.78 is 12.2. The Bertz CT molecular complexity index is 1300. The monoisotopic (exact) mass is 523 g/mol. The number of thiophene rings is 1. The molecule has 2 aromatic heterocycles. The van der Waals surface area contributed by atoms with Crippen LogP contribution in [0.3, 0.4) is 0 Å². The molecular weight excluding hydrogens is 502 g/mol. The number of anilines is 1. The third-order valence-electron chi connectivity index (χ3n) is 5.60. The Morgan fingerprint density at radius 3 is 2.58 bits per heavy atom. The Hall–Kier alpha value is -2.97. The molecule has 168 valence electrons. The second-order valence-corrected chi connectivity index (χ2v) is 9.81. The van der Waals surface area contributed by atoms with Crippen LogP contribution in [-0.4, -0.2) is 29.6 Å². The minimum atomic E-state index is -0.249. The molecule has 0 atom stereocenters. The second kappa shape index (κ2) is 9.49. The lowest BCUT2D eigenvalue weighted by Gasteiger charge is -2.13. The SMILES string of the molecule is COc1ccc(NC(=O)COc2nc(-c3ccc(Br)cc3)nc3sc4c(c23)CCCC4)cc1. The van der Waals surface area contributed by atoms with Gasteiger partial charge in [-0.1, -0.05) is 28.1 Å². The normalized spacial score (nSPS) is 12.9. The van der Waals surface area contributed by atoms with Crippen LogP contribution in [0.25, 0.3) is 21.6 Å². The van der Waals surface area contributed by atoms with E-state index in [0.29, 0.717) is 17.4 Å². The van der Waals surface area contributed by atoms with Crippen molar-refractivity contribution in [2.45, 2.75) is 25.7 Å². The van der Waals surface area contributed by atoms with Crippen LogP contribution in [0.15, 0.2) is 53.0 Å². The molecule has 2 heterocycles. The first kappa shape index (κ1) is 21.9. The van der Waals surface area contributed by atoms with Crippen molar-refractivity contribution >= 4 is 49.1 Å². The van der Waals surface area contributed by atoms with E-state index in [4.69, 9.17) is 19.4 Å². The summed E-state index contributed by atoms with van der Waals surface area (Å²) in [6.07, 6.45) is 4.38. The fourth-order valence-corrected chi connectivity index (χ4v) is 5.48. The summed E-state index contributed by atoms with van der Waals surface area (Å²) in [4.78, 5) is 24.4. The van der Waals surface area contributed by atoms with Gasteiger partial charge >= 0.3 is 0 Å². The van der Waals surface area contributed by atoms with Gasteiger partial charge < -0.3 is 14.8 Å². The van der Waals surface area contributed by atoms with Crippen LogP contribution in [0, 0.1) is 0 Å². The lowest BCUT2D eigenvalue weighted by atomic mass is 9.97. The number of carbonyl (C=O) groups excluding carboxylic acids is 1. The van der Waals surface area contributed by atoms with Crippen LogP contribution in [0.5, 0.6) is 11.6 Å². The molecule has 0 saturated heterocycles. The molecule has 0 radical (unpaired) electrons. The highest BCUT2D eigenvalue weighted by molar-refractivity contribution is 9.10. The Morgan fingerprint density at radius 1 is 1.06 bits per heavy atom. The fourth-order valence-electron chi connectivity index (χ4n) is 3.96. The van der Waals surface area contributed by atoms with E-state index < -0.39 is 0 Å². The summed E-state index contributed by atoms with van der Waals surface area (Å²) in [6.45, 7) is -0.136. The number of aryl methyl sites for hydroxylation is 2. The van der Waals surface area contributed by atoms with Crippen LogP contribution in [0.2, 0.25) is 0 Å². The summed E-state index contributed by atoms with van der Waals surface area (Å²) in [5, 5.41) is 3.81. The maximum absolute atomic E-state index is 12.6. The Balaban J connectivity index is 1.44. The molecule has 33 heavy (non-hydrogen) atoms. The number of aromatic nitrogens is 2. The van der Waals surface area contributed by atoms with Crippen LogP contribution in [0.4, 0.5) is 5.69 Å². The van der Waals surface area contributed by atoms with Gasteiger partial charge in [-0.3, -0.25) is 4.79 Å². The van der Waals surface area contributed by atoms with Crippen molar-refractivity contribution in [1.29, 1.82) is 0 Å². The van der Waals surface area contributed by atoms with Crippen LogP contribution in [-0.2, 0) is 17.6 Å². The van der Waals surface area contributed by atoms with Crippen molar-refractivity contribution in [2.75, 3.05) is 19.0 Å². The molecule has 0 saturated carbocycles. The molecular formula is C25H22BrN3O3S. The molecule has 1 amide bonds. The molecule has 0 fully saturated rings. The van der Waals surface area contributed by atoms with Gasteiger partial charge in [0.2, 0.25) is 5.88 Å². The lowest BCUT2D eigenvalue weighted by Crippen LogP contribution is -2.20. The molecule has 1 aliphatic carbocycles. The Kier molecular flexibility index (Phi) is 6.28. The van der Waals surface area contributed by atoms with E-state index >= 15 is 0 Å². The summed E-state index contributed by atoms with van der Waals surface area (Å²) in [5.41, 5.74) is 2.86. The average Bonchev–Trinajstić information content (AvgIpc) is 3.22. The van der Waals surface area contributed by atoms with E-state index in [1.165, 1.54) is 16.9 Å². The number of nitrogens with zero attached hydrogens (tertiary/aromatic N) is 2. The first-order valence-electron chi connectivity index (χ1n) is 10.8. The fraction of sp³-hybridized carbons (Fsp3) is 0.240. The second-order valence-electron chi connectivity index (χ2n) is 7.82. The third kappa shape index (κ3) is 4.72. The van der Waals surface area contributed by atoms with Crippen LogP contribution >= 0.6 is 27.3 Å². The Labute approximate surface area is 204 Å². The van der Waals surface area contributed by atoms with Gasteiger partial charge in [-0.15, -0.1) is 11.3 Å². The summed E-state index contributed by atoms with van der Waals surface area (Å²) in [6, 6.07) is 15.0. The van der Waals surface area contributed by atoms with E-state index in [2.05, 4.69) is 21.2 Å². The number of nitrogens with one attached hydrogen (secondary N) is 1. The molecule has 1 aliphatic rings. The number of hydrogen-bond donors (Lipinski definition) is 1. The predicted molar refractivity (Wildman–Crippen MR) is 134 cm³/mol. The highest BCUT2D eigenvalue weighted by Crippen LogP contribution is 2.40. The van der Waals surface area contributed by atoms with Gasteiger partial charge in [-0.2, -0.15) is 4.98 Å². The molecule has 0 bridgehead atoms. The van der Waals surface area contributed by atoms with Crippen molar-refractivity contribution in [3.63, 3.8) is 0 Å². The molecule has 0 aliphatic heterocycles. The minimum absolute atomic E-state index is 0.136. The zero-order valence-corrected chi connectivity index (χ0v) is 20.5. The molecule has 5 rings (SSSR count). The number of methoxy groups -OCH3 is 1. The summed E-state index contributed by atoms with van der Waals surface area (Å²) in [7, 11) is 1.61. The standard InChI is InChI=1S/C25H22BrN3O3S/c1-31-18-12-10-17(11-13-18)27-21(30)14-32-24-22-19-4-2-3-5-20(19)33-25(22)29-23(28-24)15-6-8-16(26)9-7-15/h6-13H,2-5,14H2,1H3,(H,27,30). The number of hydrogen-bond acceptors (Lipinski definition) is 6. The highest BCUT2D eigenvalue weighted by Gasteiger charge is 2.23. The number of ether oxygens (including phenoxy) is 2. The van der Waals surface area contributed by atoms with Gasteiger partial charge in [-0.05, 0) is 67.6 Å². The molecule has 1 N–H and O–H groups in total. The van der Waals surface area contributed by atoms with Crippen molar-refractivity contribution in [2.24, 2.45) is 0 Å². The van der Waals surface area contributed by atoms with Gasteiger partial charge in [0.1, 0.15) is 10.6 Å². The molecule has 4 aromatic rings. The number of benzene rings is 2. The Morgan fingerprint density at radius 2 is 1.82 bits per heavy atom. The molecule has 0 unspecified atom stereocenters. The quantitative estimate of drug-likeness (QED) is 0.334. The van der Waals surface area contributed by atoms with E-state index in [1.807, 2.05) is 24.3 Å². The molecule has 2 aromatic carbocycles. The van der Waals surface area contributed by atoms with Gasteiger partial charge in [0.05, 0.1) is 12.5 Å². The van der Waals surface area contributed by atoms with Gasteiger partial charge in [0.15, 0.2) is 12.4 Å². The minimum Gasteiger partial charge on any atom is -0.497 e. The number of fused-ring (bicyclic) bond motifs is 3. The van der Waals surface area contributed by atoms with Crippen LogP contribution in [0.1, 0.15) is 23.3 Å². The van der Waals surface area contributed by atoms with Crippen molar-refractivity contribution in [1.82, 2.24) is 9.97 Å². The number of amides is 1. The van der Waals surface area contributed by atoms with Gasteiger partial charge in [-0.25, -0.2) is 4.98 Å². The van der Waals surface area contributed by atoms with E-state index in [1.54, 1.807) is 42.7 Å². The van der Waals surface area contributed by atoms with E-state index in [-0.39, 0.29) is 12.5 Å². The first-order chi connectivity index (χ1) is 16.1. The van der Waals surface area contributed by atoms with Gasteiger partial charge in [0.25, 0.3) is 5.91 Å². The van der Waals surface area contributed by atoms with E-state index in [0.717, 1.165) is 45.3 Å².